The third kappa shape index (κ3) is 5.13. The Morgan fingerprint density at radius 2 is 1.89 bits per heavy atom. The topological polar surface area (TPSA) is 43.4 Å². The summed E-state index contributed by atoms with van der Waals surface area (Å²) in [5.74, 6) is -0.0388. The summed E-state index contributed by atoms with van der Waals surface area (Å²) in [5.41, 5.74) is 1.85. The van der Waals surface area contributed by atoms with Gasteiger partial charge in [-0.1, -0.05) is 23.8 Å². The minimum atomic E-state index is -0.180. The van der Waals surface area contributed by atoms with Crippen LogP contribution in [0.4, 0.5) is 0 Å². The number of hydrogen-bond acceptors (Lipinski definition) is 3. The van der Waals surface area contributed by atoms with Gasteiger partial charge in [-0.3, -0.25) is 9.59 Å². The molecule has 0 saturated carbocycles. The number of benzene rings is 1. The van der Waals surface area contributed by atoms with E-state index in [-0.39, 0.29) is 11.8 Å². The lowest BCUT2D eigenvalue weighted by molar-refractivity contribution is -0.143. The largest absolute Gasteiger partial charge is 0.466 e. The maximum absolute atomic E-state index is 11.9. The monoisotopic (exact) mass is 248 g/mol. The van der Waals surface area contributed by atoms with Crippen molar-refractivity contribution in [2.75, 3.05) is 6.61 Å². The molecule has 1 rings (SSSR count). The number of esters is 1. The zero-order valence-corrected chi connectivity index (χ0v) is 11.1. The molecule has 0 fully saturated rings. The van der Waals surface area contributed by atoms with Gasteiger partial charge in [0.15, 0.2) is 5.78 Å². The van der Waals surface area contributed by atoms with Gasteiger partial charge in [-0.25, -0.2) is 0 Å². The molecule has 0 aliphatic carbocycles. The van der Waals surface area contributed by atoms with Crippen LogP contribution >= 0.6 is 0 Å². The van der Waals surface area contributed by atoms with Crippen molar-refractivity contribution in [1.82, 2.24) is 0 Å². The highest BCUT2D eigenvalue weighted by molar-refractivity contribution is 5.96. The van der Waals surface area contributed by atoms with Gasteiger partial charge in [-0.15, -0.1) is 0 Å². The van der Waals surface area contributed by atoms with E-state index in [1.165, 1.54) is 0 Å². The van der Waals surface area contributed by atoms with Crippen LogP contribution in [-0.4, -0.2) is 18.4 Å². The molecule has 0 aliphatic heterocycles. The zero-order valence-electron chi connectivity index (χ0n) is 11.1. The normalized spacial score (nSPS) is 10.1. The lowest BCUT2D eigenvalue weighted by Gasteiger charge is -2.03. The van der Waals surface area contributed by atoms with Crippen LogP contribution in [-0.2, 0) is 9.53 Å². The number of aryl methyl sites for hydroxylation is 1. The molecule has 0 bridgehead atoms. The van der Waals surface area contributed by atoms with Crippen LogP contribution in [0.5, 0.6) is 0 Å². The predicted octanol–water partition coefficient (Wildman–Crippen LogP) is 3.30. The van der Waals surface area contributed by atoms with Crippen molar-refractivity contribution in [1.29, 1.82) is 0 Å². The molecule has 1 aromatic carbocycles. The molecule has 0 aromatic heterocycles. The number of carbonyl (C=O) groups excluding carboxylic acids is 2. The first-order valence-electron chi connectivity index (χ1n) is 6.39. The number of carbonyl (C=O) groups is 2. The van der Waals surface area contributed by atoms with Crippen LogP contribution < -0.4 is 0 Å². The number of hydrogen-bond donors (Lipinski definition) is 0. The fourth-order valence-corrected chi connectivity index (χ4v) is 1.75. The van der Waals surface area contributed by atoms with Gasteiger partial charge in [0.25, 0.3) is 0 Å². The molecule has 18 heavy (non-hydrogen) atoms. The van der Waals surface area contributed by atoms with Crippen molar-refractivity contribution in [3.05, 3.63) is 35.4 Å². The molecule has 3 heteroatoms. The highest BCUT2D eigenvalue weighted by Crippen LogP contribution is 2.10. The van der Waals surface area contributed by atoms with E-state index >= 15 is 0 Å². The molecular formula is C15H20O3. The molecule has 0 amide bonds. The summed E-state index contributed by atoms with van der Waals surface area (Å²) in [6.07, 6.45) is 2.32. The Hall–Kier alpha value is -1.64. The summed E-state index contributed by atoms with van der Waals surface area (Å²) in [6.45, 7) is 4.18. The van der Waals surface area contributed by atoms with Crippen LogP contribution in [0.25, 0.3) is 0 Å². The summed E-state index contributed by atoms with van der Waals surface area (Å²) in [4.78, 5) is 22.9. The van der Waals surface area contributed by atoms with E-state index in [4.69, 9.17) is 4.74 Å². The molecule has 0 atom stereocenters. The van der Waals surface area contributed by atoms with Crippen LogP contribution in [0.3, 0.4) is 0 Å². The van der Waals surface area contributed by atoms with E-state index in [1.54, 1.807) is 6.92 Å². The molecular weight excluding hydrogens is 228 g/mol. The number of ether oxygens (including phenoxy) is 1. The van der Waals surface area contributed by atoms with Crippen LogP contribution in [0.15, 0.2) is 24.3 Å². The Labute approximate surface area is 108 Å². The van der Waals surface area contributed by atoms with Gasteiger partial charge in [-0.2, -0.15) is 0 Å². The first kappa shape index (κ1) is 14.4. The molecule has 0 heterocycles. The molecule has 3 nitrogen and oxygen atoms in total. The SMILES string of the molecule is CCOC(=O)CCCCC(=O)c1cccc(C)c1. The number of unbranched alkanes of at least 4 members (excludes halogenated alkanes) is 1. The van der Waals surface area contributed by atoms with Crippen LogP contribution in [0.2, 0.25) is 0 Å². The average molecular weight is 248 g/mol. The molecule has 0 N–H and O–H groups in total. The highest BCUT2D eigenvalue weighted by Gasteiger charge is 2.07. The maximum Gasteiger partial charge on any atom is 0.305 e. The Bertz CT molecular complexity index is 410. The van der Waals surface area contributed by atoms with E-state index < -0.39 is 0 Å². The van der Waals surface area contributed by atoms with E-state index in [1.807, 2.05) is 31.2 Å². The predicted molar refractivity (Wildman–Crippen MR) is 70.6 cm³/mol. The van der Waals surface area contributed by atoms with Crippen molar-refractivity contribution in [2.45, 2.75) is 39.5 Å². The molecule has 0 radical (unpaired) electrons. The smallest absolute Gasteiger partial charge is 0.305 e. The second kappa shape index (κ2) is 7.64. The van der Waals surface area contributed by atoms with Gasteiger partial charge in [0.05, 0.1) is 6.61 Å². The number of ketones is 1. The Morgan fingerprint density at radius 3 is 2.56 bits per heavy atom. The molecule has 0 aliphatic rings. The molecule has 1 aromatic rings. The Morgan fingerprint density at radius 1 is 1.17 bits per heavy atom. The van der Waals surface area contributed by atoms with Crippen molar-refractivity contribution in [3.8, 4) is 0 Å². The highest BCUT2D eigenvalue weighted by atomic mass is 16.5. The lowest BCUT2D eigenvalue weighted by atomic mass is 10.0. The molecule has 0 spiro atoms. The molecule has 0 saturated heterocycles. The van der Waals surface area contributed by atoms with E-state index in [9.17, 15) is 9.59 Å². The Kier molecular flexibility index (Phi) is 6.12. The summed E-state index contributed by atoms with van der Waals surface area (Å²) in [6, 6.07) is 7.59. The summed E-state index contributed by atoms with van der Waals surface area (Å²) < 4.78 is 4.83. The summed E-state index contributed by atoms with van der Waals surface area (Å²) >= 11 is 0. The fourth-order valence-electron chi connectivity index (χ4n) is 1.75. The minimum absolute atomic E-state index is 0.141. The fraction of sp³-hybridized carbons (Fsp3) is 0.467. The van der Waals surface area contributed by atoms with Gasteiger partial charge < -0.3 is 4.74 Å². The van der Waals surface area contributed by atoms with E-state index in [0.29, 0.717) is 25.9 Å². The summed E-state index contributed by atoms with van der Waals surface area (Å²) in [7, 11) is 0. The van der Waals surface area contributed by atoms with Gasteiger partial charge >= 0.3 is 5.97 Å². The van der Waals surface area contributed by atoms with Crippen molar-refractivity contribution < 1.29 is 14.3 Å². The van der Waals surface area contributed by atoms with Crippen LogP contribution in [0, 0.1) is 6.92 Å². The van der Waals surface area contributed by atoms with Gasteiger partial charge in [0.2, 0.25) is 0 Å². The van der Waals surface area contributed by atoms with Gasteiger partial charge in [0.1, 0.15) is 0 Å². The number of rotatable bonds is 7. The minimum Gasteiger partial charge on any atom is -0.466 e. The van der Waals surface area contributed by atoms with E-state index in [0.717, 1.165) is 17.5 Å². The van der Waals surface area contributed by atoms with Gasteiger partial charge in [0, 0.05) is 18.4 Å². The van der Waals surface area contributed by atoms with Crippen molar-refractivity contribution >= 4 is 11.8 Å². The summed E-state index contributed by atoms with van der Waals surface area (Å²) in [5, 5.41) is 0. The van der Waals surface area contributed by atoms with Crippen LogP contribution in [0.1, 0.15) is 48.5 Å². The molecule has 98 valence electrons. The third-order valence-corrected chi connectivity index (χ3v) is 2.68. The Balaban J connectivity index is 2.27. The average Bonchev–Trinajstić information content (AvgIpc) is 2.35. The van der Waals surface area contributed by atoms with Gasteiger partial charge in [-0.05, 0) is 32.8 Å². The zero-order chi connectivity index (χ0) is 13.4. The second-order valence-electron chi connectivity index (χ2n) is 4.30. The van der Waals surface area contributed by atoms with Crippen molar-refractivity contribution in [2.24, 2.45) is 0 Å². The second-order valence-corrected chi connectivity index (χ2v) is 4.30. The first-order valence-corrected chi connectivity index (χ1v) is 6.39. The quantitative estimate of drug-likeness (QED) is 0.422. The van der Waals surface area contributed by atoms with Crippen molar-refractivity contribution in [3.63, 3.8) is 0 Å². The maximum atomic E-state index is 11.9. The number of Topliss-reactive ketones (excluding diaryl/α,β-unsaturated/α-hetero) is 1. The standard InChI is InChI=1S/C15H20O3/c1-3-18-15(17)10-5-4-9-14(16)13-8-6-7-12(2)11-13/h6-8,11H,3-5,9-10H2,1-2H3. The lowest BCUT2D eigenvalue weighted by Crippen LogP contribution is -2.04. The first-order chi connectivity index (χ1) is 8.63. The third-order valence-electron chi connectivity index (χ3n) is 2.68. The molecule has 0 unspecified atom stereocenters. The van der Waals surface area contributed by atoms with E-state index in [2.05, 4.69) is 0 Å².